The highest BCUT2D eigenvalue weighted by molar-refractivity contribution is 6.27. The lowest BCUT2D eigenvalue weighted by atomic mass is 10.1. The van der Waals surface area contributed by atoms with Gasteiger partial charge < -0.3 is 10.8 Å². The maximum Gasteiger partial charge on any atom is 0.109 e. The molecule has 0 saturated carbocycles. The van der Waals surface area contributed by atoms with Gasteiger partial charge in [0, 0.05) is 19.6 Å². The van der Waals surface area contributed by atoms with Crippen LogP contribution in [0.3, 0.4) is 0 Å². The summed E-state index contributed by atoms with van der Waals surface area (Å²) in [6.07, 6.45) is -0.584. The Morgan fingerprint density at radius 3 is 1.96 bits per heavy atom. The lowest BCUT2D eigenvalue weighted by Crippen LogP contribution is -2.34. The first-order valence-corrected chi connectivity index (χ1v) is 8.54. The number of halogens is 1. The minimum Gasteiger partial charge on any atom is -0.390 e. The number of alkyl halides is 1. The molecule has 1 unspecified atom stereocenters. The quantitative estimate of drug-likeness (QED) is 0.417. The number of hydrogen-bond acceptors (Lipinski definition) is 3. The predicted octanol–water partition coefficient (Wildman–Crippen LogP) is 2.65. The molecule has 24 heavy (non-hydrogen) atoms. The number of amidine groups is 1. The van der Waals surface area contributed by atoms with E-state index in [0.717, 1.165) is 13.1 Å². The summed E-state index contributed by atoms with van der Waals surface area (Å²) in [6.45, 7) is 2.31. The third-order valence-corrected chi connectivity index (χ3v) is 3.88. The molecule has 1 atom stereocenters. The van der Waals surface area contributed by atoms with Gasteiger partial charge in [0.1, 0.15) is 5.84 Å². The molecular weight excluding hydrogens is 322 g/mol. The molecule has 2 rings (SSSR count). The summed E-state index contributed by atoms with van der Waals surface area (Å²) in [5.41, 5.74) is 8.02. The number of nitrogens with zero attached hydrogens (tertiary/aromatic N) is 2. The Labute approximate surface area is 148 Å². The molecule has 128 valence electrons. The summed E-state index contributed by atoms with van der Waals surface area (Å²) in [6, 6.07) is 20.5. The summed E-state index contributed by atoms with van der Waals surface area (Å²) < 4.78 is 0. The second-order valence-electron chi connectivity index (χ2n) is 5.76. The highest BCUT2D eigenvalue weighted by Gasteiger charge is 2.13. The summed E-state index contributed by atoms with van der Waals surface area (Å²) >= 11 is 5.61. The van der Waals surface area contributed by atoms with E-state index >= 15 is 0 Å². The fourth-order valence-electron chi connectivity index (χ4n) is 2.49. The lowest BCUT2D eigenvalue weighted by Gasteiger charge is -2.25. The Kier molecular flexibility index (Phi) is 7.75. The molecule has 4 nitrogen and oxygen atoms in total. The molecule has 5 heteroatoms. The lowest BCUT2D eigenvalue weighted by molar-refractivity contribution is 0.111. The fraction of sp³-hybridized carbons (Fsp3) is 0.316. The first kappa shape index (κ1) is 18.5. The maximum absolute atomic E-state index is 10.3. The van der Waals surface area contributed by atoms with Gasteiger partial charge in [-0.1, -0.05) is 60.7 Å². The van der Waals surface area contributed by atoms with E-state index < -0.39 is 6.10 Å². The Morgan fingerprint density at radius 2 is 1.50 bits per heavy atom. The molecule has 0 heterocycles. The summed E-state index contributed by atoms with van der Waals surface area (Å²) in [5, 5.41) is 10.3. The number of nitrogens with two attached hydrogens (primary N) is 1. The van der Waals surface area contributed by atoms with Crippen molar-refractivity contribution in [2.45, 2.75) is 19.2 Å². The van der Waals surface area contributed by atoms with Gasteiger partial charge in [0.05, 0.1) is 18.5 Å². The number of aliphatic hydroxyl groups excluding tert-OH is 1. The first-order chi connectivity index (χ1) is 11.7. The zero-order valence-electron chi connectivity index (χ0n) is 13.7. The van der Waals surface area contributed by atoms with E-state index in [2.05, 4.69) is 34.2 Å². The topological polar surface area (TPSA) is 61.9 Å². The van der Waals surface area contributed by atoms with Crippen LogP contribution in [0.2, 0.25) is 0 Å². The van der Waals surface area contributed by atoms with Crippen LogP contribution in [0.25, 0.3) is 0 Å². The molecule has 0 saturated heterocycles. The molecule has 0 bridgehead atoms. The smallest absolute Gasteiger partial charge is 0.109 e. The van der Waals surface area contributed by atoms with Gasteiger partial charge in [-0.25, -0.2) is 0 Å². The molecule has 0 aliphatic heterocycles. The SMILES string of the molecule is NC(CCl)=NCC(O)CN(Cc1ccccc1)Cc1ccccc1. The van der Waals surface area contributed by atoms with Crippen molar-refractivity contribution in [3.63, 3.8) is 0 Å². The number of aliphatic imine (C=N–C) groups is 1. The average molecular weight is 346 g/mol. The van der Waals surface area contributed by atoms with E-state index in [-0.39, 0.29) is 12.4 Å². The van der Waals surface area contributed by atoms with Crippen LogP contribution in [0.4, 0.5) is 0 Å². The van der Waals surface area contributed by atoms with Crippen LogP contribution in [0.5, 0.6) is 0 Å². The van der Waals surface area contributed by atoms with Gasteiger partial charge in [-0.3, -0.25) is 9.89 Å². The highest BCUT2D eigenvalue weighted by Crippen LogP contribution is 2.11. The normalized spacial score (nSPS) is 13.2. The van der Waals surface area contributed by atoms with Crippen molar-refractivity contribution < 1.29 is 5.11 Å². The molecule has 3 N–H and O–H groups in total. The molecule has 0 amide bonds. The number of rotatable bonds is 9. The number of hydrogen-bond donors (Lipinski definition) is 2. The molecule has 2 aromatic rings. The summed E-state index contributed by atoms with van der Waals surface area (Å²) in [4.78, 5) is 6.31. The van der Waals surface area contributed by atoms with E-state index in [0.29, 0.717) is 12.4 Å². The molecule has 0 aliphatic rings. The van der Waals surface area contributed by atoms with Crippen molar-refractivity contribution in [1.29, 1.82) is 0 Å². The zero-order chi connectivity index (χ0) is 17.2. The third-order valence-electron chi connectivity index (χ3n) is 3.61. The molecule has 0 spiro atoms. The molecule has 0 radical (unpaired) electrons. The van der Waals surface area contributed by atoms with E-state index in [1.807, 2.05) is 36.4 Å². The maximum atomic E-state index is 10.3. The Morgan fingerprint density at radius 1 is 1.00 bits per heavy atom. The largest absolute Gasteiger partial charge is 0.390 e. The fourth-order valence-corrected chi connectivity index (χ4v) is 2.57. The zero-order valence-corrected chi connectivity index (χ0v) is 14.4. The van der Waals surface area contributed by atoms with Crippen molar-refractivity contribution in [3.05, 3.63) is 71.8 Å². The van der Waals surface area contributed by atoms with E-state index in [4.69, 9.17) is 17.3 Å². The van der Waals surface area contributed by atoms with Gasteiger partial charge in [0.25, 0.3) is 0 Å². The molecule has 0 fully saturated rings. The van der Waals surface area contributed by atoms with E-state index in [9.17, 15) is 5.11 Å². The molecule has 0 aromatic heterocycles. The van der Waals surface area contributed by atoms with Gasteiger partial charge in [0.2, 0.25) is 0 Å². The minimum absolute atomic E-state index is 0.185. The van der Waals surface area contributed by atoms with Crippen LogP contribution in [-0.4, -0.2) is 40.9 Å². The van der Waals surface area contributed by atoms with Gasteiger partial charge >= 0.3 is 0 Å². The Balaban J connectivity index is 2.01. The Bertz CT molecular complexity index is 578. The predicted molar refractivity (Wildman–Crippen MR) is 100 cm³/mol. The minimum atomic E-state index is -0.584. The van der Waals surface area contributed by atoms with Crippen molar-refractivity contribution in [1.82, 2.24) is 4.90 Å². The van der Waals surface area contributed by atoms with Gasteiger partial charge in [-0.05, 0) is 11.1 Å². The number of benzene rings is 2. The third kappa shape index (κ3) is 6.71. The van der Waals surface area contributed by atoms with Crippen LogP contribution in [0, 0.1) is 0 Å². The van der Waals surface area contributed by atoms with Crippen molar-refractivity contribution in [2.75, 3.05) is 19.0 Å². The van der Waals surface area contributed by atoms with Crippen LogP contribution < -0.4 is 5.73 Å². The van der Waals surface area contributed by atoms with Gasteiger partial charge in [0.15, 0.2) is 0 Å². The molecular formula is C19H24ClN3O. The van der Waals surface area contributed by atoms with Gasteiger partial charge in [-0.15, -0.1) is 11.6 Å². The molecule has 0 aliphatic carbocycles. The molecule has 2 aromatic carbocycles. The van der Waals surface area contributed by atoms with Crippen LogP contribution in [-0.2, 0) is 13.1 Å². The summed E-state index contributed by atoms with van der Waals surface area (Å²) in [7, 11) is 0. The van der Waals surface area contributed by atoms with Crippen molar-refractivity contribution in [2.24, 2.45) is 10.7 Å². The Hall–Kier alpha value is -1.88. The average Bonchev–Trinajstić information content (AvgIpc) is 2.61. The van der Waals surface area contributed by atoms with Gasteiger partial charge in [-0.2, -0.15) is 0 Å². The van der Waals surface area contributed by atoms with E-state index in [1.54, 1.807) is 0 Å². The summed E-state index contributed by atoms with van der Waals surface area (Å²) in [5.74, 6) is 0.540. The highest BCUT2D eigenvalue weighted by atomic mass is 35.5. The van der Waals surface area contributed by atoms with E-state index in [1.165, 1.54) is 11.1 Å². The monoisotopic (exact) mass is 345 g/mol. The van der Waals surface area contributed by atoms with Crippen LogP contribution in [0.15, 0.2) is 65.7 Å². The second-order valence-corrected chi connectivity index (χ2v) is 6.03. The van der Waals surface area contributed by atoms with Crippen molar-refractivity contribution >= 4 is 17.4 Å². The van der Waals surface area contributed by atoms with Crippen LogP contribution in [0.1, 0.15) is 11.1 Å². The van der Waals surface area contributed by atoms with Crippen LogP contribution >= 0.6 is 11.6 Å². The second kappa shape index (κ2) is 10.1. The number of aliphatic hydroxyl groups is 1. The standard InChI is InChI=1S/C19H24ClN3O/c20-11-19(21)22-12-18(24)15-23(13-16-7-3-1-4-8-16)14-17-9-5-2-6-10-17/h1-10,18,24H,11-15H2,(H2,21,22). The van der Waals surface area contributed by atoms with Crippen molar-refractivity contribution in [3.8, 4) is 0 Å². The first-order valence-electron chi connectivity index (χ1n) is 8.00.